The number of hydrogen-bond donors (Lipinski definition) is 1. The van der Waals surface area contributed by atoms with Gasteiger partial charge in [-0.1, -0.05) is 29.3 Å². The highest BCUT2D eigenvalue weighted by molar-refractivity contribution is 6.32. The van der Waals surface area contributed by atoms with Crippen LogP contribution in [0.5, 0.6) is 0 Å². The van der Waals surface area contributed by atoms with Crippen molar-refractivity contribution in [3.63, 3.8) is 0 Å². The Labute approximate surface area is 197 Å². The number of benzene rings is 1. The summed E-state index contributed by atoms with van der Waals surface area (Å²) in [6, 6.07) is 4.45. The molecule has 1 aliphatic rings. The molecular weight excluding hydrogens is 480 g/mol. The van der Waals surface area contributed by atoms with Crippen LogP contribution >= 0.6 is 23.2 Å². The molecule has 0 bridgehead atoms. The van der Waals surface area contributed by atoms with Gasteiger partial charge >= 0.3 is 12.2 Å². The zero-order valence-electron chi connectivity index (χ0n) is 17.0. The summed E-state index contributed by atoms with van der Waals surface area (Å²) in [7, 11) is 0. The summed E-state index contributed by atoms with van der Waals surface area (Å²) >= 11 is 12.1. The lowest BCUT2D eigenvalue weighted by molar-refractivity contribution is -0.137. The molecular formula is C22H17Cl2F3N4O2. The maximum absolute atomic E-state index is 12.8. The number of nitrogens with zero attached hydrogens (tertiary/aromatic N) is 3. The first kappa shape index (κ1) is 23.1. The summed E-state index contributed by atoms with van der Waals surface area (Å²) < 4.78 is 43.7. The van der Waals surface area contributed by atoms with Gasteiger partial charge in [-0.15, -0.1) is 0 Å². The van der Waals surface area contributed by atoms with Crippen LogP contribution in [-0.4, -0.2) is 34.0 Å². The molecule has 0 spiro atoms. The highest BCUT2D eigenvalue weighted by atomic mass is 35.5. The maximum Gasteiger partial charge on any atom is 0.417 e. The van der Waals surface area contributed by atoms with Gasteiger partial charge in [0, 0.05) is 25.0 Å². The molecule has 172 valence electrons. The average molecular weight is 497 g/mol. The predicted molar refractivity (Wildman–Crippen MR) is 118 cm³/mol. The second-order valence-electron chi connectivity index (χ2n) is 7.32. The SMILES string of the molecule is O=C(Nc1ccc(C(F)(F)F)c(Cl)c1)N1CC=C(c2ncc(Cc3ncco3)cc2Cl)CC1. The summed E-state index contributed by atoms with van der Waals surface area (Å²) in [6.07, 6.45) is 3.06. The molecule has 0 atom stereocenters. The molecule has 0 unspecified atom stereocenters. The minimum Gasteiger partial charge on any atom is -0.449 e. The minimum atomic E-state index is -4.56. The van der Waals surface area contributed by atoms with Crippen molar-refractivity contribution in [3.8, 4) is 0 Å². The van der Waals surface area contributed by atoms with Crippen molar-refractivity contribution >= 4 is 40.5 Å². The Balaban J connectivity index is 1.39. The smallest absolute Gasteiger partial charge is 0.417 e. The number of pyridine rings is 1. The van der Waals surface area contributed by atoms with Gasteiger partial charge < -0.3 is 14.6 Å². The fourth-order valence-electron chi connectivity index (χ4n) is 3.42. The van der Waals surface area contributed by atoms with E-state index < -0.39 is 22.8 Å². The lowest BCUT2D eigenvalue weighted by Gasteiger charge is -2.27. The Hall–Kier alpha value is -3.04. The number of nitrogens with one attached hydrogen (secondary N) is 1. The zero-order valence-corrected chi connectivity index (χ0v) is 18.5. The molecule has 0 saturated carbocycles. The van der Waals surface area contributed by atoms with Crippen molar-refractivity contribution < 1.29 is 22.4 Å². The third-order valence-electron chi connectivity index (χ3n) is 5.06. The number of oxazole rings is 1. The summed E-state index contributed by atoms with van der Waals surface area (Å²) in [5, 5.41) is 2.58. The van der Waals surface area contributed by atoms with Crippen LogP contribution in [-0.2, 0) is 12.6 Å². The number of amides is 2. The van der Waals surface area contributed by atoms with Crippen LogP contribution in [0.3, 0.4) is 0 Å². The van der Waals surface area contributed by atoms with Gasteiger partial charge in [0.05, 0.1) is 33.9 Å². The number of carbonyl (C=O) groups is 1. The van der Waals surface area contributed by atoms with Crippen LogP contribution in [0.25, 0.3) is 5.57 Å². The summed E-state index contributed by atoms with van der Waals surface area (Å²) in [5.41, 5.74) is 1.63. The van der Waals surface area contributed by atoms with Crippen molar-refractivity contribution in [1.29, 1.82) is 0 Å². The molecule has 0 fully saturated rings. The third-order valence-corrected chi connectivity index (χ3v) is 5.66. The van der Waals surface area contributed by atoms with E-state index in [0.29, 0.717) is 42.5 Å². The van der Waals surface area contributed by atoms with E-state index in [4.69, 9.17) is 27.6 Å². The molecule has 6 nitrogen and oxygen atoms in total. The van der Waals surface area contributed by atoms with Crippen LogP contribution in [0.1, 0.15) is 29.1 Å². The maximum atomic E-state index is 12.8. The van der Waals surface area contributed by atoms with Gasteiger partial charge in [-0.2, -0.15) is 13.2 Å². The second-order valence-corrected chi connectivity index (χ2v) is 8.14. The molecule has 0 saturated heterocycles. The fourth-order valence-corrected chi connectivity index (χ4v) is 4.02. The normalized spacial score (nSPS) is 14.2. The van der Waals surface area contributed by atoms with Crippen LogP contribution in [0.2, 0.25) is 10.0 Å². The lowest BCUT2D eigenvalue weighted by Crippen LogP contribution is -2.38. The van der Waals surface area contributed by atoms with Crippen molar-refractivity contribution in [2.45, 2.75) is 19.0 Å². The van der Waals surface area contributed by atoms with Crippen molar-refractivity contribution in [1.82, 2.24) is 14.9 Å². The summed E-state index contributed by atoms with van der Waals surface area (Å²) in [6.45, 7) is 0.688. The van der Waals surface area contributed by atoms with E-state index >= 15 is 0 Å². The van der Waals surface area contributed by atoms with Crippen molar-refractivity contribution in [2.24, 2.45) is 0 Å². The molecule has 4 rings (SSSR count). The number of alkyl halides is 3. The molecule has 0 aliphatic carbocycles. The largest absolute Gasteiger partial charge is 0.449 e. The first-order valence-electron chi connectivity index (χ1n) is 9.85. The monoisotopic (exact) mass is 496 g/mol. The quantitative estimate of drug-likeness (QED) is 0.459. The fraction of sp³-hybridized carbons (Fsp3) is 0.227. The van der Waals surface area contributed by atoms with Gasteiger partial charge in [-0.25, -0.2) is 9.78 Å². The molecule has 1 N–H and O–H groups in total. The standard InChI is InChI=1S/C22H17Cl2F3N4O2/c23-17-11-15(1-2-16(17)22(25,26)27)30-21(32)31-6-3-14(4-7-31)20-18(24)9-13(12-29-20)10-19-28-5-8-33-19/h1-3,5,8-9,11-12H,4,6-7,10H2,(H,30,32). The minimum absolute atomic E-state index is 0.180. The highest BCUT2D eigenvalue weighted by Gasteiger charge is 2.33. The first-order valence-corrected chi connectivity index (χ1v) is 10.6. The molecule has 11 heteroatoms. The van der Waals surface area contributed by atoms with E-state index in [2.05, 4.69) is 15.3 Å². The van der Waals surface area contributed by atoms with Crippen molar-refractivity contribution in [3.05, 3.63) is 81.8 Å². The molecule has 2 amide bonds. The number of carbonyl (C=O) groups excluding carboxylic acids is 1. The molecule has 33 heavy (non-hydrogen) atoms. The molecule has 3 aromatic rings. The first-order chi connectivity index (χ1) is 15.7. The second kappa shape index (κ2) is 9.44. The number of hydrogen-bond acceptors (Lipinski definition) is 4. The number of rotatable bonds is 4. The van der Waals surface area contributed by atoms with Gasteiger partial charge in [-0.05, 0) is 41.8 Å². The number of urea groups is 1. The van der Waals surface area contributed by atoms with Gasteiger partial charge in [0.1, 0.15) is 6.26 Å². The Kier molecular flexibility index (Phi) is 6.62. The summed E-state index contributed by atoms with van der Waals surface area (Å²) in [4.78, 5) is 22.6. The Bertz CT molecular complexity index is 1200. The molecule has 3 heterocycles. The Morgan fingerprint density at radius 3 is 2.61 bits per heavy atom. The summed E-state index contributed by atoms with van der Waals surface area (Å²) in [5.74, 6) is 0.563. The Morgan fingerprint density at radius 2 is 2.00 bits per heavy atom. The van der Waals surface area contributed by atoms with Gasteiger partial charge in [0.2, 0.25) is 0 Å². The number of aromatic nitrogens is 2. The van der Waals surface area contributed by atoms with E-state index in [1.54, 1.807) is 12.4 Å². The third kappa shape index (κ3) is 5.48. The van der Waals surface area contributed by atoms with E-state index in [9.17, 15) is 18.0 Å². The average Bonchev–Trinajstić information content (AvgIpc) is 3.26. The van der Waals surface area contributed by atoms with Crippen LogP contribution in [0, 0.1) is 0 Å². The van der Waals surface area contributed by atoms with Gasteiger partial charge in [-0.3, -0.25) is 4.98 Å². The van der Waals surface area contributed by atoms with E-state index in [0.717, 1.165) is 23.3 Å². The van der Waals surface area contributed by atoms with Crippen LogP contribution in [0.4, 0.5) is 23.7 Å². The van der Waals surface area contributed by atoms with E-state index in [-0.39, 0.29) is 5.69 Å². The number of anilines is 1. The molecule has 1 aliphatic heterocycles. The Morgan fingerprint density at radius 1 is 1.18 bits per heavy atom. The van der Waals surface area contributed by atoms with Crippen LogP contribution in [0.15, 0.2) is 53.4 Å². The predicted octanol–water partition coefficient (Wildman–Crippen LogP) is 6.31. The molecule has 0 radical (unpaired) electrons. The van der Waals surface area contributed by atoms with Crippen LogP contribution < -0.4 is 5.32 Å². The molecule has 1 aromatic carbocycles. The van der Waals surface area contributed by atoms with Gasteiger partial charge in [0.15, 0.2) is 5.89 Å². The lowest BCUT2D eigenvalue weighted by atomic mass is 10.0. The van der Waals surface area contributed by atoms with Gasteiger partial charge in [0.25, 0.3) is 0 Å². The zero-order chi connectivity index (χ0) is 23.6. The number of halogens is 5. The topological polar surface area (TPSA) is 71.3 Å². The van der Waals surface area contributed by atoms with E-state index in [1.807, 2.05) is 12.1 Å². The van der Waals surface area contributed by atoms with E-state index in [1.165, 1.54) is 17.2 Å². The van der Waals surface area contributed by atoms with Crippen molar-refractivity contribution in [2.75, 3.05) is 18.4 Å². The highest BCUT2D eigenvalue weighted by Crippen LogP contribution is 2.36. The molecule has 2 aromatic heterocycles.